The molecular formula is C67H44N2O2. The maximum Gasteiger partial charge on any atom is 0.137 e. The van der Waals surface area contributed by atoms with E-state index in [2.05, 4.69) is 230 Å². The number of rotatable bonds is 6. The zero-order valence-electron chi connectivity index (χ0n) is 39.2. The van der Waals surface area contributed by atoms with E-state index in [9.17, 15) is 0 Å². The number of hydrogen-bond acceptors (Lipinski definition) is 3. The maximum atomic E-state index is 6.42. The van der Waals surface area contributed by atoms with Gasteiger partial charge in [-0.05, 0) is 146 Å². The monoisotopic (exact) mass is 908 g/mol. The molecular weight excluding hydrogens is 865 g/mol. The van der Waals surface area contributed by atoms with Crippen LogP contribution < -0.4 is 4.90 Å². The minimum Gasteiger partial charge on any atom is -0.456 e. The van der Waals surface area contributed by atoms with Gasteiger partial charge in [0.15, 0.2) is 0 Å². The van der Waals surface area contributed by atoms with Crippen molar-refractivity contribution in [3.8, 4) is 39.1 Å². The molecule has 4 heteroatoms. The van der Waals surface area contributed by atoms with Gasteiger partial charge in [0.05, 0.1) is 11.0 Å². The molecule has 0 atom stereocenters. The molecule has 0 spiro atoms. The van der Waals surface area contributed by atoms with Gasteiger partial charge in [-0.3, -0.25) is 0 Å². The first-order valence-electron chi connectivity index (χ1n) is 24.5. The number of nitrogens with zero attached hydrogens (tertiary/aromatic N) is 2. The lowest BCUT2D eigenvalue weighted by atomic mass is 9.82. The van der Waals surface area contributed by atoms with E-state index in [-0.39, 0.29) is 5.41 Å². The second-order valence-electron chi connectivity index (χ2n) is 19.7. The number of aromatic nitrogens is 1. The van der Waals surface area contributed by atoms with Crippen molar-refractivity contribution < 1.29 is 8.83 Å². The zero-order valence-corrected chi connectivity index (χ0v) is 39.2. The molecule has 11 aromatic carbocycles. The number of hydrogen-bond donors (Lipinski definition) is 0. The van der Waals surface area contributed by atoms with Crippen molar-refractivity contribution in [2.75, 3.05) is 4.90 Å². The standard InChI is InChI=1S/C67H44N2O2/c1-67(2)58-20-9-6-19-54(58)66-55-40-57-56-36-44(26-34-60(56)69(46-15-4-3-5-16-46)61(57)37-45(55)25-33-59(66)67)43-14-12-13-42(35-43)41-23-27-47(28-24-41)68(48-29-31-52-50-17-7-10-21-62(50)70-64(52)38-48)49-30-32-53-51-18-8-11-22-63(51)71-65(53)39-49/h3-40H,1-2H3. The fraction of sp³-hybridized carbons (Fsp3) is 0.0448. The fourth-order valence-corrected chi connectivity index (χ4v) is 11.9. The molecule has 0 saturated carbocycles. The average molecular weight is 909 g/mol. The number of fused-ring (bicyclic) bond motifs is 14. The van der Waals surface area contributed by atoms with E-state index in [1.165, 1.54) is 66.0 Å². The van der Waals surface area contributed by atoms with Gasteiger partial charge in [-0.25, -0.2) is 0 Å². The number of benzene rings is 11. The summed E-state index contributed by atoms with van der Waals surface area (Å²) < 4.78 is 15.3. The number of furan rings is 2. The van der Waals surface area contributed by atoms with Crippen LogP contribution in [-0.2, 0) is 5.41 Å². The predicted molar refractivity (Wildman–Crippen MR) is 296 cm³/mol. The van der Waals surface area contributed by atoms with Gasteiger partial charge >= 0.3 is 0 Å². The van der Waals surface area contributed by atoms with Crippen LogP contribution in [0.1, 0.15) is 25.0 Å². The molecule has 1 aliphatic carbocycles. The third-order valence-electron chi connectivity index (χ3n) is 15.4. The quantitative estimate of drug-likeness (QED) is 0.167. The lowest BCUT2D eigenvalue weighted by Crippen LogP contribution is -2.14. The largest absolute Gasteiger partial charge is 0.456 e. The second-order valence-corrected chi connectivity index (χ2v) is 19.7. The van der Waals surface area contributed by atoms with Gasteiger partial charge in [0.1, 0.15) is 22.3 Å². The van der Waals surface area contributed by atoms with Crippen LogP contribution in [0.4, 0.5) is 17.1 Å². The fourth-order valence-electron chi connectivity index (χ4n) is 11.9. The average Bonchev–Trinajstić information content (AvgIpc) is 4.15. The first-order valence-corrected chi connectivity index (χ1v) is 24.5. The van der Waals surface area contributed by atoms with Crippen LogP contribution in [0.2, 0.25) is 0 Å². The molecule has 4 nitrogen and oxygen atoms in total. The molecule has 0 N–H and O–H groups in total. The highest BCUT2D eigenvalue weighted by Crippen LogP contribution is 2.52. The molecule has 0 amide bonds. The van der Waals surface area contributed by atoms with Crippen LogP contribution >= 0.6 is 0 Å². The molecule has 3 aromatic heterocycles. The van der Waals surface area contributed by atoms with Gasteiger partial charge in [0.2, 0.25) is 0 Å². The molecule has 0 radical (unpaired) electrons. The predicted octanol–water partition coefficient (Wildman–Crippen LogP) is 18.8. The van der Waals surface area contributed by atoms with Crippen LogP contribution in [0.15, 0.2) is 239 Å². The summed E-state index contributed by atoms with van der Waals surface area (Å²) in [6.45, 7) is 4.72. The highest BCUT2D eigenvalue weighted by molar-refractivity contribution is 6.17. The summed E-state index contributed by atoms with van der Waals surface area (Å²) in [4.78, 5) is 2.29. The zero-order chi connectivity index (χ0) is 47.0. The van der Waals surface area contributed by atoms with E-state index < -0.39 is 0 Å². The summed E-state index contributed by atoms with van der Waals surface area (Å²) in [5.41, 5.74) is 20.1. The van der Waals surface area contributed by atoms with E-state index in [1.807, 2.05) is 24.3 Å². The first-order chi connectivity index (χ1) is 34.9. The van der Waals surface area contributed by atoms with Crippen molar-refractivity contribution in [2.45, 2.75) is 19.3 Å². The highest BCUT2D eigenvalue weighted by Gasteiger charge is 2.36. The summed E-state index contributed by atoms with van der Waals surface area (Å²) >= 11 is 0. The van der Waals surface area contributed by atoms with Gasteiger partial charge < -0.3 is 18.3 Å². The Hall–Kier alpha value is -9.12. The Balaban J connectivity index is 0.841. The summed E-state index contributed by atoms with van der Waals surface area (Å²) in [6.07, 6.45) is 0. The molecule has 15 rings (SSSR count). The SMILES string of the molecule is CC1(C)c2ccccc2-c2c1ccc1cc3c(cc21)c1cc(-c2cccc(-c4ccc(N(c5ccc6c(c5)oc5ccccc56)c5ccc6c(c5)oc5ccccc56)cc4)c2)ccc1n3-c1ccccc1. The summed E-state index contributed by atoms with van der Waals surface area (Å²) in [7, 11) is 0. The Kier molecular flexibility index (Phi) is 8.38. The first kappa shape index (κ1) is 39.8. The van der Waals surface area contributed by atoms with E-state index in [4.69, 9.17) is 8.83 Å². The molecule has 0 unspecified atom stereocenters. The Morgan fingerprint density at radius 2 is 0.930 bits per heavy atom. The highest BCUT2D eigenvalue weighted by atomic mass is 16.3. The van der Waals surface area contributed by atoms with Crippen molar-refractivity contribution >= 4 is 93.5 Å². The lowest BCUT2D eigenvalue weighted by Gasteiger charge is -2.25. The van der Waals surface area contributed by atoms with Gasteiger partial charge in [0, 0.05) is 72.6 Å². The van der Waals surface area contributed by atoms with Crippen molar-refractivity contribution in [1.29, 1.82) is 0 Å². The van der Waals surface area contributed by atoms with E-state index >= 15 is 0 Å². The summed E-state index contributed by atoms with van der Waals surface area (Å²) in [6, 6.07) is 83.7. The summed E-state index contributed by atoms with van der Waals surface area (Å²) in [5.74, 6) is 0. The molecule has 3 heterocycles. The molecule has 1 aliphatic rings. The normalized spacial score (nSPS) is 13.0. The smallest absolute Gasteiger partial charge is 0.137 e. The molecule has 0 bridgehead atoms. The van der Waals surface area contributed by atoms with E-state index in [0.717, 1.165) is 77.8 Å². The van der Waals surface area contributed by atoms with Gasteiger partial charge in [-0.2, -0.15) is 0 Å². The Labute approximate surface area is 409 Å². The minimum atomic E-state index is -0.0682. The van der Waals surface area contributed by atoms with Crippen molar-refractivity contribution in [2.24, 2.45) is 0 Å². The van der Waals surface area contributed by atoms with Crippen molar-refractivity contribution in [1.82, 2.24) is 4.57 Å². The van der Waals surface area contributed by atoms with Gasteiger partial charge in [-0.1, -0.05) is 141 Å². The maximum absolute atomic E-state index is 6.42. The number of anilines is 3. The van der Waals surface area contributed by atoms with Crippen molar-refractivity contribution in [3.05, 3.63) is 242 Å². The molecule has 14 aromatic rings. The molecule has 71 heavy (non-hydrogen) atoms. The van der Waals surface area contributed by atoms with Crippen LogP contribution in [-0.4, -0.2) is 4.57 Å². The van der Waals surface area contributed by atoms with E-state index in [0.29, 0.717) is 0 Å². The lowest BCUT2D eigenvalue weighted by molar-refractivity contribution is 0.661. The second kappa shape index (κ2) is 14.9. The Morgan fingerprint density at radius 3 is 1.65 bits per heavy atom. The number of para-hydroxylation sites is 3. The van der Waals surface area contributed by atoms with Crippen molar-refractivity contribution in [3.63, 3.8) is 0 Å². The molecule has 0 aliphatic heterocycles. The minimum absolute atomic E-state index is 0.0682. The topological polar surface area (TPSA) is 34.5 Å². The van der Waals surface area contributed by atoms with Gasteiger partial charge in [-0.15, -0.1) is 0 Å². The Bertz CT molecular complexity index is 4380. The van der Waals surface area contributed by atoms with Crippen LogP contribution in [0.3, 0.4) is 0 Å². The molecule has 0 saturated heterocycles. The third-order valence-corrected chi connectivity index (χ3v) is 15.4. The van der Waals surface area contributed by atoms with Gasteiger partial charge in [0.25, 0.3) is 0 Å². The van der Waals surface area contributed by atoms with Crippen LogP contribution in [0.25, 0.3) is 116 Å². The van der Waals surface area contributed by atoms with E-state index in [1.54, 1.807) is 0 Å². The summed E-state index contributed by atoms with van der Waals surface area (Å²) in [5, 5.41) is 9.47. The molecule has 334 valence electrons. The van der Waals surface area contributed by atoms with Crippen LogP contribution in [0.5, 0.6) is 0 Å². The Morgan fingerprint density at radius 1 is 0.352 bits per heavy atom. The van der Waals surface area contributed by atoms with Crippen LogP contribution in [0, 0.1) is 0 Å². The third kappa shape index (κ3) is 5.98. The molecule has 0 fully saturated rings.